The van der Waals surface area contributed by atoms with Gasteiger partial charge in [-0.2, -0.15) is 9.97 Å². The van der Waals surface area contributed by atoms with E-state index in [-0.39, 0.29) is 0 Å². The summed E-state index contributed by atoms with van der Waals surface area (Å²) < 4.78 is 10.2. The number of methoxy groups -OCH3 is 2. The number of anilines is 1. The standard InChI is InChI=1S/C13H14ClN3O2/c1-18-12-8-13(19-2)16-11(15-12)7-9-5-3-4-6-10(9)17-14/h3-6,8,17H,7H2,1-2H3. The number of benzene rings is 1. The third-order valence-corrected chi connectivity index (χ3v) is 2.82. The molecule has 100 valence electrons. The number of ether oxygens (including phenoxy) is 2. The molecule has 2 aromatic rings. The Bertz CT molecular complexity index is 541. The van der Waals surface area contributed by atoms with Crippen LogP contribution in [-0.4, -0.2) is 24.2 Å². The molecule has 1 heterocycles. The van der Waals surface area contributed by atoms with Gasteiger partial charge in [0.05, 0.1) is 26.0 Å². The van der Waals surface area contributed by atoms with Crippen LogP contribution in [-0.2, 0) is 6.42 Å². The Morgan fingerprint density at radius 1 is 1.11 bits per heavy atom. The van der Waals surface area contributed by atoms with Gasteiger partial charge in [-0.1, -0.05) is 18.2 Å². The summed E-state index contributed by atoms with van der Waals surface area (Å²) in [4.78, 5) is 11.2. The second kappa shape index (κ2) is 6.24. The fourth-order valence-corrected chi connectivity index (χ4v) is 1.86. The lowest BCUT2D eigenvalue weighted by Gasteiger charge is -2.09. The van der Waals surface area contributed by atoms with Crippen LogP contribution in [0.1, 0.15) is 11.4 Å². The average molecular weight is 280 g/mol. The molecule has 0 saturated heterocycles. The molecule has 0 aliphatic heterocycles. The molecule has 19 heavy (non-hydrogen) atoms. The van der Waals surface area contributed by atoms with Gasteiger partial charge in [-0.15, -0.1) is 0 Å². The third kappa shape index (κ3) is 3.26. The highest BCUT2D eigenvalue weighted by molar-refractivity contribution is 6.24. The van der Waals surface area contributed by atoms with E-state index in [1.165, 1.54) is 0 Å². The molecule has 0 atom stereocenters. The van der Waals surface area contributed by atoms with Gasteiger partial charge in [-0.3, -0.25) is 4.84 Å². The zero-order chi connectivity index (χ0) is 13.7. The van der Waals surface area contributed by atoms with Crippen LogP contribution < -0.4 is 14.3 Å². The van der Waals surface area contributed by atoms with E-state index >= 15 is 0 Å². The Kier molecular flexibility index (Phi) is 4.41. The number of rotatable bonds is 5. The SMILES string of the molecule is COc1cc(OC)nc(Cc2ccccc2NCl)n1. The lowest BCUT2D eigenvalue weighted by atomic mass is 10.1. The number of halogens is 1. The van der Waals surface area contributed by atoms with E-state index in [0.29, 0.717) is 24.0 Å². The Balaban J connectivity index is 2.32. The monoisotopic (exact) mass is 279 g/mol. The van der Waals surface area contributed by atoms with Crippen molar-refractivity contribution in [3.63, 3.8) is 0 Å². The molecule has 0 bridgehead atoms. The molecule has 6 heteroatoms. The fraction of sp³-hybridized carbons (Fsp3) is 0.231. The number of hydrogen-bond donors (Lipinski definition) is 1. The van der Waals surface area contributed by atoms with Crippen molar-refractivity contribution in [2.24, 2.45) is 0 Å². The van der Waals surface area contributed by atoms with Crippen molar-refractivity contribution in [2.75, 3.05) is 19.1 Å². The largest absolute Gasteiger partial charge is 0.481 e. The molecule has 0 spiro atoms. The van der Waals surface area contributed by atoms with E-state index in [2.05, 4.69) is 14.8 Å². The van der Waals surface area contributed by atoms with Crippen LogP contribution >= 0.6 is 11.8 Å². The van der Waals surface area contributed by atoms with E-state index in [4.69, 9.17) is 21.3 Å². The Morgan fingerprint density at radius 2 is 1.74 bits per heavy atom. The molecular weight excluding hydrogens is 266 g/mol. The van der Waals surface area contributed by atoms with Crippen LogP contribution in [0.15, 0.2) is 30.3 Å². The van der Waals surface area contributed by atoms with Crippen LogP contribution in [0.2, 0.25) is 0 Å². The van der Waals surface area contributed by atoms with Gasteiger partial charge < -0.3 is 9.47 Å². The van der Waals surface area contributed by atoms with E-state index in [0.717, 1.165) is 11.3 Å². The molecule has 0 unspecified atom stereocenters. The lowest BCUT2D eigenvalue weighted by Crippen LogP contribution is -2.02. The van der Waals surface area contributed by atoms with Crippen molar-refractivity contribution in [1.29, 1.82) is 0 Å². The summed E-state index contributed by atoms with van der Waals surface area (Å²) in [5.41, 5.74) is 1.82. The zero-order valence-electron chi connectivity index (χ0n) is 10.7. The molecule has 0 fully saturated rings. The third-order valence-electron chi connectivity index (χ3n) is 2.61. The van der Waals surface area contributed by atoms with Crippen LogP contribution in [0.4, 0.5) is 5.69 Å². The highest BCUT2D eigenvalue weighted by atomic mass is 35.5. The van der Waals surface area contributed by atoms with E-state index in [9.17, 15) is 0 Å². The number of para-hydroxylation sites is 1. The van der Waals surface area contributed by atoms with Crippen LogP contribution in [0, 0.1) is 0 Å². The van der Waals surface area contributed by atoms with Crippen molar-refractivity contribution in [2.45, 2.75) is 6.42 Å². The van der Waals surface area contributed by atoms with Crippen molar-refractivity contribution in [3.8, 4) is 11.8 Å². The maximum Gasteiger partial charge on any atom is 0.220 e. The highest BCUT2D eigenvalue weighted by Crippen LogP contribution is 2.21. The summed E-state index contributed by atoms with van der Waals surface area (Å²) in [6, 6.07) is 9.32. The molecule has 0 amide bonds. The Morgan fingerprint density at radius 3 is 2.32 bits per heavy atom. The maximum atomic E-state index is 5.68. The molecule has 0 saturated carbocycles. The molecule has 0 aliphatic rings. The predicted molar refractivity (Wildman–Crippen MR) is 73.9 cm³/mol. The first-order chi connectivity index (χ1) is 9.26. The minimum atomic E-state index is 0.471. The fourth-order valence-electron chi connectivity index (χ4n) is 1.67. The lowest BCUT2D eigenvalue weighted by molar-refractivity contribution is 0.369. The van der Waals surface area contributed by atoms with Crippen LogP contribution in [0.5, 0.6) is 11.8 Å². The van der Waals surface area contributed by atoms with Crippen LogP contribution in [0.25, 0.3) is 0 Å². The smallest absolute Gasteiger partial charge is 0.220 e. The van der Waals surface area contributed by atoms with Gasteiger partial charge in [-0.05, 0) is 11.6 Å². The number of nitrogens with one attached hydrogen (secondary N) is 1. The van der Waals surface area contributed by atoms with Crippen molar-refractivity contribution in [1.82, 2.24) is 9.97 Å². The molecule has 5 nitrogen and oxygen atoms in total. The van der Waals surface area contributed by atoms with Gasteiger partial charge >= 0.3 is 0 Å². The molecule has 2 rings (SSSR count). The van der Waals surface area contributed by atoms with Gasteiger partial charge in [0.15, 0.2) is 0 Å². The van der Waals surface area contributed by atoms with E-state index in [1.807, 2.05) is 24.3 Å². The summed E-state index contributed by atoms with van der Waals surface area (Å²) in [6.07, 6.45) is 0.531. The second-order valence-corrected chi connectivity index (χ2v) is 3.99. The summed E-state index contributed by atoms with van der Waals surface area (Å²) in [5, 5.41) is 0. The van der Waals surface area contributed by atoms with Gasteiger partial charge in [0.1, 0.15) is 5.82 Å². The second-order valence-electron chi connectivity index (χ2n) is 3.80. The zero-order valence-corrected chi connectivity index (χ0v) is 11.4. The Labute approximate surface area is 116 Å². The first-order valence-electron chi connectivity index (χ1n) is 5.67. The van der Waals surface area contributed by atoms with E-state index < -0.39 is 0 Å². The van der Waals surface area contributed by atoms with Crippen LogP contribution in [0.3, 0.4) is 0 Å². The van der Waals surface area contributed by atoms with Gasteiger partial charge in [0, 0.05) is 18.2 Å². The highest BCUT2D eigenvalue weighted by Gasteiger charge is 2.08. The minimum absolute atomic E-state index is 0.471. The van der Waals surface area contributed by atoms with Gasteiger partial charge in [0.2, 0.25) is 11.8 Å². The van der Waals surface area contributed by atoms with Gasteiger partial charge in [0.25, 0.3) is 0 Å². The quantitative estimate of drug-likeness (QED) is 0.853. The molecule has 1 aromatic carbocycles. The first kappa shape index (κ1) is 13.4. The predicted octanol–water partition coefficient (Wildman–Crippen LogP) is 2.65. The van der Waals surface area contributed by atoms with Crippen molar-refractivity contribution in [3.05, 3.63) is 41.7 Å². The number of aromatic nitrogens is 2. The molecule has 0 radical (unpaired) electrons. The number of nitrogens with zero attached hydrogens (tertiary/aromatic N) is 2. The maximum absolute atomic E-state index is 5.68. The normalized spacial score (nSPS) is 10.1. The van der Waals surface area contributed by atoms with Crippen molar-refractivity contribution >= 4 is 17.5 Å². The molecule has 0 aliphatic carbocycles. The minimum Gasteiger partial charge on any atom is -0.481 e. The summed E-state index contributed by atoms with van der Waals surface area (Å²) >= 11 is 5.68. The van der Waals surface area contributed by atoms with Gasteiger partial charge in [-0.25, -0.2) is 0 Å². The molecule has 1 aromatic heterocycles. The first-order valence-corrected chi connectivity index (χ1v) is 6.05. The average Bonchev–Trinajstić information content (AvgIpc) is 2.47. The summed E-state index contributed by atoms with van der Waals surface area (Å²) in [6.45, 7) is 0. The summed E-state index contributed by atoms with van der Waals surface area (Å²) in [5.74, 6) is 1.55. The molecular formula is C13H14ClN3O2. The number of hydrogen-bond acceptors (Lipinski definition) is 5. The molecule has 1 N–H and O–H groups in total. The Hall–Kier alpha value is -2.01. The summed E-state index contributed by atoms with van der Waals surface area (Å²) in [7, 11) is 3.11. The topological polar surface area (TPSA) is 56.3 Å². The van der Waals surface area contributed by atoms with E-state index in [1.54, 1.807) is 20.3 Å². The van der Waals surface area contributed by atoms with Crippen molar-refractivity contribution < 1.29 is 9.47 Å².